The highest BCUT2D eigenvalue weighted by Crippen LogP contribution is 2.22. The van der Waals surface area contributed by atoms with Gasteiger partial charge in [-0.15, -0.1) is 0 Å². The number of benzene rings is 1. The van der Waals surface area contributed by atoms with Crippen LogP contribution in [0.2, 0.25) is 0 Å². The molecule has 0 saturated heterocycles. The molecule has 3 N–H and O–H groups in total. The second-order valence-electron chi connectivity index (χ2n) is 4.38. The van der Waals surface area contributed by atoms with Crippen molar-refractivity contribution in [2.75, 3.05) is 13.2 Å². The molecule has 1 aromatic carbocycles. The van der Waals surface area contributed by atoms with E-state index in [2.05, 4.69) is 10.6 Å². The normalized spacial score (nSPS) is 15.6. The summed E-state index contributed by atoms with van der Waals surface area (Å²) in [4.78, 5) is 22.6. The molecule has 0 aliphatic carbocycles. The molecule has 1 unspecified atom stereocenters. The third-order valence-corrected chi connectivity index (χ3v) is 2.90. The maximum absolute atomic E-state index is 11.9. The van der Waals surface area contributed by atoms with Crippen LogP contribution >= 0.6 is 0 Å². The smallest absolute Gasteiger partial charge is 0.325 e. The second-order valence-corrected chi connectivity index (χ2v) is 4.38. The number of hydrogen-bond donors (Lipinski definition) is 3. The van der Waals surface area contributed by atoms with Crippen LogP contribution in [0.3, 0.4) is 0 Å². The molecule has 1 amide bonds. The summed E-state index contributed by atoms with van der Waals surface area (Å²) < 4.78 is 5.53. The number of fused-ring (bicyclic) bond motifs is 1. The topological polar surface area (TPSA) is 87.7 Å². The molecule has 1 aliphatic rings. The van der Waals surface area contributed by atoms with Crippen molar-refractivity contribution in [2.45, 2.75) is 19.5 Å². The summed E-state index contributed by atoms with van der Waals surface area (Å²) in [6.45, 7) is 3.42. The highest BCUT2D eigenvalue weighted by atomic mass is 16.5. The number of amides is 1. The Morgan fingerprint density at radius 2 is 2.26 bits per heavy atom. The highest BCUT2D eigenvalue weighted by Gasteiger charge is 2.17. The zero-order chi connectivity index (χ0) is 13.8. The first-order chi connectivity index (χ1) is 9.08. The number of aliphatic carboxylic acids is 1. The molecule has 0 fully saturated rings. The Morgan fingerprint density at radius 1 is 1.47 bits per heavy atom. The summed E-state index contributed by atoms with van der Waals surface area (Å²) in [5, 5.41) is 14.4. The lowest BCUT2D eigenvalue weighted by molar-refractivity contribution is -0.138. The van der Waals surface area contributed by atoms with Crippen molar-refractivity contribution in [1.82, 2.24) is 10.6 Å². The molecule has 2 rings (SSSR count). The Kier molecular flexibility index (Phi) is 4.01. The Balaban J connectivity index is 2.15. The average molecular weight is 264 g/mol. The van der Waals surface area contributed by atoms with Crippen molar-refractivity contribution in [1.29, 1.82) is 0 Å². The Morgan fingerprint density at radius 3 is 3.00 bits per heavy atom. The minimum atomic E-state index is -1.07. The molecule has 19 heavy (non-hydrogen) atoms. The lowest BCUT2D eigenvalue weighted by Gasteiger charge is -2.11. The van der Waals surface area contributed by atoms with E-state index >= 15 is 0 Å². The molecular formula is C13H16N2O4. The van der Waals surface area contributed by atoms with Crippen molar-refractivity contribution < 1.29 is 19.4 Å². The first-order valence-electron chi connectivity index (χ1n) is 6.08. The maximum Gasteiger partial charge on any atom is 0.325 e. The molecule has 0 bridgehead atoms. The Bertz CT molecular complexity index is 501. The molecule has 1 aliphatic heterocycles. The van der Waals surface area contributed by atoms with E-state index in [1.54, 1.807) is 12.1 Å². The molecule has 1 aromatic rings. The lowest BCUT2D eigenvalue weighted by Crippen LogP contribution is -2.38. The fourth-order valence-electron chi connectivity index (χ4n) is 1.77. The van der Waals surface area contributed by atoms with Crippen LogP contribution in [0, 0.1) is 0 Å². The van der Waals surface area contributed by atoms with E-state index in [0.717, 1.165) is 12.1 Å². The molecule has 1 heterocycles. The number of hydrogen-bond acceptors (Lipinski definition) is 4. The third kappa shape index (κ3) is 3.23. The summed E-state index contributed by atoms with van der Waals surface area (Å²) in [5.74, 6) is -0.817. The number of carboxylic acids is 1. The number of rotatable bonds is 3. The zero-order valence-electron chi connectivity index (χ0n) is 10.6. The SMILES string of the molecule is CC(NC(=O)c1ccc2c(c1)OCCNC2)C(=O)O. The molecule has 0 spiro atoms. The van der Waals surface area contributed by atoms with Gasteiger partial charge in [0, 0.05) is 24.2 Å². The zero-order valence-corrected chi connectivity index (χ0v) is 10.6. The van der Waals surface area contributed by atoms with Crippen LogP contribution < -0.4 is 15.4 Å². The predicted octanol–water partition coefficient (Wildman–Crippen LogP) is 0.371. The van der Waals surface area contributed by atoms with Gasteiger partial charge in [0.1, 0.15) is 18.4 Å². The molecule has 0 radical (unpaired) electrons. The number of carbonyl (C=O) groups is 2. The highest BCUT2D eigenvalue weighted by molar-refractivity contribution is 5.96. The van der Waals surface area contributed by atoms with Crippen LogP contribution in [-0.2, 0) is 11.3 Å². The van der Waals surface area contributed by atoms with Crippen LogP contribution in [-0.4, -0.2) is 36.2 Å². The number of ether oxygens (including phenoxy) is 1. The fraction of sp³-hybridized carbons (Fsp3) is 0.385. The van der Waals surface area contributed by atoms with Gasteiger partial charge >= 0.3 is 5.97 Å². The minimum absolute atomic E-state index is 0.397. The van der Waals surface area contributed by atoms with Gasteiger partial charge in [0.25, 0.3) is 5.91 Å². The van der Waals surface area contributed by atoms with E-state index < -0.39 is 17.9 Å². The third-order valence-electron chi connectivity index (χ3n) is 2.90. The van der Waals surface area contributed by atoms with E-state index in [1.807, 2.05) is 6.07 Å². The van der Waals surface area contributed by atoms with Crippen LogP contribution in [0.25, 0.3) is 0 Å². The molecule has 6 nitrogen and oxygen atoms in total. The van der Waals surface area contributed by atoms with Crippen LogP contribution in [0.1, 0.15) is 22.8 Å². The van der Waals surface area contributed by atoms with Gasteiger partial charge in [-0.1, -0.05) is 6.07 Å². The van der Waals surface area contributed by atoms with Gasteiger partial charge < -0.3 is 20.5 Å². The molecule has 102 valence electrons. The quantitative estimate of drug-likeness (QED) is 0.734. The summed E-state index contributed by atoms with van der Waals surface area (Å²) in [5.41, 5.74) is 1.38. The van der Waals surface area contributed by atoms with Gasteiger partial charge in [-0.25, -0.2) is 0 Å². The van der Waals surface area contributed by atoms with E-state index in [0.29, 0.717) is 24.5 Å². The maximum atomic E-state index is 11.9. The second kappa shape index (κ2) is 5.71. The molecular weight excluding hydrogens is 248 g/mol. The standard InChI is InChI=1S/C13H16N2O4/c1-8(13(17)18)15-12(16)9-2-3-10-7-14-4-5-19-11(10)6-9/h2-3,6,8,14H,4-5,7H2,1H3,(H,15,16)(H,17,18). The van der Waals surface area contributed by atoms with Gasteiger partial charge in [-0.3, -0.25) is 9.59 Å². The molecule has 6 heteroatoms. The van der Waals surface area contributed by atoms with Gasteiger partial charge in [-0.2, -0.15) is 0 Å². The first-order valence-corrected chi connectivity index (χ1v) is 6.08. The van der Waals surface area contributed by atoms with Crippen molar-refractivity contribution in [3.63, 3.8) is 0 Å². The Labute approximate surface area is 110 Å². The van der Waals surface area contributed by atoms with Crippen molar-refractivity contribution >= 4 is 11.9 Å². The van der Waals surface area contributed by atoms with Crippen molar-refractivity contribution in [3.05, 3.63) is 29.3 Å². The summed E-state index contributed by atoms with van der Waals surface area (Å²) in [7, 11) is 0. The van der Waals surface area contributed by atoms with Crippen LogP contribution in [0.4, 0.5) is 0 Å². The van der Waals surface area contributed by atoms with Gasteiger partial charge in [-0.05, 0) is 19.1 Å². The number of carbonyl (C=O) groups excluding carboxylic acids is 1. The lowest BCUT2D eigenvalue weighted by atomic mass is 10.1. The van der Waals surface area contributed by atoms with Gasteiger partial charge in [0.15, 0.2) is 0 Å². The largest absolute Gasteiger partial charge is 0.492 e. The fourth-order valence-corrected chi connectivity index (χ4v) is 1.77. The van der Waals surface area contributed by atoms with E-state index in [-0.39, 0.29) is 0 Å². The number of nitrogens with one attached hydrogen (secondary N) is 2. The average Bonchev–Trinajstić information content (AvgIpc) is 2.62. The van der Waals surface area contributed by atoms with E-state index in [4.69, 9.17) is 9.84 Å². The van der Waals surface area contributed by atoms with Crippen LogP contribution in [0.5, 0.6) is 5.75 Å². The van der Waals surface area contributed by atoms with E-state index in [1.165, 1.54) is 6.92 Å². The predicted molar refractivity (Wildman–Crippen MR) is 68.2 cm³/mol. The molecule has 1 atom stereocenters. The first kappa shape index (κ1) is 13.4. The monoisotopic (exact) mass is 264 g/mol. The van der Waals surface area contributed by atoms with Crippen molar-refractivity contribution in [3.8, 4) is 5.75 Å². The van der Waals surface area contributed by atoms with Crippen LogP contribution in [0.15, 0.2) is 18.2 Å². The number of carboxylic acid groups (broad SMARTS) is 1. The van der Waals surface area contributed by atoms with Gasteiger partial charge in [0.05, 0.1) is 0 Å². The van der Waals surface area contributed by atoms with Gasteiger partial charge in [0.2, 0.25) is 0 Å². The Hall–Kier alpha value is -2.08. The molecule has 0 aromatic heterocycles. The summed E-state index contributed by atoms with van der Waals surface area (Å²) in [6, 6.07) is 4.20. The summed E-state index contributed by atoms with van der Waals surface area (Å²) in [6.07, 6.45) is 0. The molecule has 0 saturated carbocycles. The van der Waals surface area contributed by atoms with E-state index in [9.17, 15) is 9.59 Å². The van der Waals surface area contributed by atoms with Crippen molar-refractivity contribution in [2.24, 2.45) is 0 Å². The summed E-state index contributed by atoms with van der Waals surface area (Å²) >= 11 is 0. The minimum Gasteiger partial charge on any atom is -0.492 e.